The lowest BCUT2D eigenvalue weighted by molar-refractivity contribution is 0.218. The Labute approximate surface area is 60.8 Å². The van der Waals surface area contributed by atoms with Gasteiger partial charge in [0, 0.05) is 0 Å². The minimum absolute atomic E-state index is 1.01. The monoisotopic (exact) mass is 180 g/mol. The van der Waals surface area contributed by atoms with Crippen LogP contribution in [0.3, 0.4) is 0 Å². The first-order chi connectivity index (χ1) is 4.52. The molecule has 8 heteroatoms. The van der Waals surface area contributed by atoms with E-state index in [0.717, 1.165) is 0 Å². The molecule has 0 aromatic heterocycles. The fourth-order valence-electron chi connectivity index (χ4n) is 0.195. The van der Waals surface area contributed by atoms with E-state index in [-0.39, 0.29) is 0 Å². The summed E-state index contributed by atoms with van der Waals surface area (Å²) in [7, 11) is 1.37. The number of rotatable bonds is 3. The highest BCUT2D eigenvalue weighted by molar-refractivity contribution is 7.77. The third kappa shape index (κ3) is 5.95. The third-order valence-electron chi connectivity index (χ3n) is 0.385. The van der Waals surface area contributed by atoms with Gasteiger partial charge in [-0.15, -0.1) is 0 Å². The van der Waals surface area contributed by atoms with Crippen molar-refractivity contribution < 1.29 is 24.1 Å². The van der Waals surface area contributed by atoms with Crippen molar-refractivity contribution in [3.05, 3.63) is 0 Å². The molecule has 0 amide bonds. The van der Waals surface area contributed by atoms with E-state index in [9.17, 15) is 9.59 Å². The van der Waals surface area contributed by atoms with Crippen LogP contribution in [-0.4, -0.2) is 29.0 Å². The number of hydrogen-bond acceptors (Lipinski definition) is 4. The molecule has 10 heavy (non-hydrogen) atoms. The van der Waals surface area contributed by atoms with E-state index in [1.165, 1.54) is 0 Å². The van der Waals surface area contributed by atoms with Crippen molar-refractivity contribution in [2.75, 3.05) is 0 Å². The summed E-state index contributed by atoms with van der Waals surface area (Å²) in [6.45, 7) is 0. The molecule has 0 bridgehead atoms. The summed E-state index contributed by atoms with van der Waals surface area (Å²) in [5.74, 6) is 0. The maximum atomic E-state index is 10.2. The summed E-state index contributed by atoms with van der Waals surface area (Å²) in [6, 6.07) is 0. The number of hydrogen-bond donors (Lipinski definition) is 2. The fraction of sp³-hybridized carbons (Fsp3) is 0. The molecule has 0 saturated carbocycles. The maximum absolute atomic E-state index is 10.2. The Hall–Kier alpha value is -0.175. The predicted molar refractivity (Wildman–Crippen MR) is 37.7 cm³/mol. The minimum atomic E-state index is -2.28. The molecule has 0 aliphatic rings. The standard InChI is InChI=1S/C2H3BO5P2/c3-10(7)8-2(6)9-1(4)5/h7,9H,(H,4,5). The molecule has 54 valence electrons. The summed E-state index contributed by atoms with van der Waals surface area (Å²) in [6.07, 6.45) is 0. The average molecular weight is 180 g/mol. The zero-order valence-electron chi connectivity index (χ0n) is 4.64. The van der Waals surface area contributed by atoms with Crippen LogP contribution in [0.4, 0.5) is 9.59 Å². The van der Waals surface area contributed by atoms with E-state index in [2.05, 4.69) is 12.1 Å². The van der Waals surface area contributed by atoms with E-state index in [1.54, 1.807) is 0 Å². The maximum Gasteiger partial charge on any atom is 0.338 e. The molecular weight excluding hydrogens is 177 g/mol. The third-order valence-corrected chi connectivity index (χ3v) is 1.43. The largest absolute Gasteiger partial charge is 0.478 e. The normalized spacial score (nSPS) is 13.3. The van der Waals surface area contributed by atoms with Gasteiger partial charge in [0.1, 0.15) is 8.58 Å². The molecule has 2 radical (unpaired) electrons. The van der Waals surface area contributed by atoms with Crippen molar-refractivity contribution >= 4 is 35.8 Å². The van der Waals surface area contributed by atoms with Gasteiger partial charge < -0.3 is 14.5 Å². The Morgan fingerprint density at radius 3 is 2.40 bits per heavy atom. The quantitative estimate of drug-likeness (QED) is 0.496. The molecule has 2 unspecified atom stereocenters. The molecule has 2 atom stereocenters. The van der Waals surface area contributed by atoms with Gasteiger partial charge in [-0.25, -0.2) is 9.59 Å². The van der Waals surface area contributed by atoms with E-state index >= 15 is 0 Å². The second-order valence-electron chi connectivity index (χ2n) is 1.11. The van der Waals surface area contributed by atoms with E-state index in [4.69, 9.17) is 10.00 Å². The van der Waals surface area contributed by atoms with Gasteiger partial charge in [-0.2, -0.15) is 0 Å². The van der Waals surface area contributed by atoms with E-state index in [0.29, 0.717) is 0 Å². The van der Waals surface area contributed by atoms with Crippen LogP contribution in [-0.2, 0) is 4.52 Å². The van der Waals surface area contributed by atoms with Crippen LogP contribution >= 0.6 is 16.8 Å². The molecule has 0 rings (SSSR count). The molecular formula is C2H3BO5P2. The topological polar surface area (TPSA) is 83.8 Å². The first kappa shape index (κ1) is 9.82. The minimum Gasteiger partial charge on any atom is -0.478 e. The summed E-state index contributed by atoms with van der Waals surface area (Å²) in [5, 5.41) is 7.99. The lowest BCUT2D eigenvalue weighted by Crippen LogP contribution is -1.93. The number of carboxylic acid groups (broad SMARTS) is 1. The molecule has 0 aromatic rings. The fourth-order valence-corrected chi connectivity index (χ4v) is 1.00. The van der Waals surface area contributed by atoms with Crippen LogP contribution < -0.4 is 0 Å². The molecule has 0 aliphatic heterocycles. The Morgan fingerprint density at radius 2 is 2.10 bits per heavy atom. The summed E-state index contributed by atoms with van der Waals surface area (Å²) in [4.78, 5) is 28.3. The van der Waals surface area contributed by atoms with Gasteiger partial charge in [0.15, 0.2) is 8.25 Å². The van der Waals surface area contributed by atoms with Crippen LogP contribution in [0, 0.1) is 0 Å². The van der Waals surface area contributed by atoms with Crippen molar-refractivity contribution in [3.8, 4) is 0 Å². The van der Waals surface area contributed by atoms with Crippen molar-refractivity contribution in [2.45, 2.75) is 0 Å². The molecule has 0 aromatic carbocycles. The SMILES string of the molecule is [B]P(O)OC(=O)PC(=O)O. The first-order valence-electron chi connectivity index (χ1n) is 1.98. The van der Waals surface area contributed by atoms with Crippen molar-refractivity contribution in [1.29, 1.82) is 0 Å². The molecule has 0 saturated heterocycles. The number of carbonyl (C=O) groups excluding carboxylic acids is 1. The zero-order chi connectivity index (χ0) is 8.15. The highest BCUT2D eigenvalue weighted by atomic mass is 31.2. The summed E-state index contributed by atoms with van der Waals surface area (Å²) < 4.78 is 3.95. The Kier molecular flexibility index (Phi) is 4.53. The van der Waals surface area contributed by atoms with Gasteiger partial charge in [-0.1, -0.05) is 0 Å². The van der Waals surface area contributed by atoms with Crippen molar-refractivity contribution in [1.82, 2.24) is 0 Å². The highest BCUT2D eigenvalue weighted by Gasteiger charge is 2.10. The van der Waals surface area contributed by atoms with Gasteiger partial charge in [0.2, 0.25) is 7.57 Å². The Bertz CT molecular complexity index is 147. The summed E-state index contributed by atoms with van der Waals surface area (Å²) in [5.41, 5.74) is -2.30. The zero-order valence-corrected chi connectivity index (χ0v) is 6.54. The van der Waals surface area contributed by atoms with Crippen LogP contribution in [0.5, 0.6) is 0 Å². The average Bonchev–Trinajstić information content (AvgIpc) is 1.58. The van der Waals surface area contributed by atoms with Gasteiger partial charge in [-0.05, 0) is 0 Å². The van der Waals surface area contributed by atoms with Gasteiger partial charge in [-0.3, -0.25) is 0 Å². The second kappa shape index (κ2) is 4.61. The van der Waals surface area contributed by atoms with Gasteiger partial charge in [0.05, 0.1) is 0 Å². The lowest BCUT2D eigenvalue weighted by atomic mass is 10.8. The Balaban J connectivity index is 3.54. The van der Waals surface area contributed by atoms with Crippen LogP contribution in [0.2, 0.25) is 0 Å². The van der Waals surface area contributed by atoms with E-state index < -0.39 is 28.3 Å². The molecule has 2 N–H and O–H groups in total. The van der Waals surface area contributed by atoms with Crippen LogP contribution in [0.25, 0.3) is 0 Å². The first-order valence-corrected chi connectivity index (χ1v) is 4.26. The lowest BCUT2D eigenvalue weighted by Gasteiger charge is -2.02. The number of carbonyl (C=O) groups is 2. The molecule has 0 heterocycles. The Morgan fingerprint density at radius 1 is 1.60 bits per heavy atom. The van der Waals surface area contributed by atoms with Gasteiger partial charge in [0.25, 0.3) is 0 Å². The molecule has 0 aliphatic carbocycles. The predicted octanol–water partition coefficient (Wildman–Crippen LogP) is 0.867. The smallest absolute Gasteiger partial charge is 0.338 e. The van der Waals surface area contributed by atoms with Crippen molar-refractivity contribution in [3.63, 3.8) is 0 Å². The second-order valence-corrected chi connectivity index (χ2v) is 2.99. The van der Waals surface area contributed by atoms with Gasteiger partial charge >= 0.3 is 11.4 Å². The molecule has 5 nitrogen and oxygen atoms in total. The van der Waals surface area contributed by atoms with Crippen molar-refractivity contribution in [2.24, 2.45) is 0 Å². The molecule has 0 fully saturated rings. The highest BCUT2D eigenvalue weighted by Crippen LogP contribution is 2.29. The molecule has 0 spiro atoms. The van der Waals surface area contributed by atoms with Crippen LogP contribution in [0.15, 0.2) is 0 Å². The van der Waals surface area contributed by atoms with E-state index in [1.807, 2.05) is 0 Å². The summed E-state index contributed by atoms with van der Waals surface area (Å²) >= 11 is 0. The van der Waals surface area contributed by atoms with Crippen LogP contribution in [0.1, 0.15) is 0 Å².